The second-order valence-electron chi connectivity index (χ2n) is 15.3. The Labute approximate surface area is 354 Å². The summed E-state index contributed by atoms with van der Waals surface area (Å²) < 4.78 is 2.12. The maximum absolute atomic E-state index is 5.33. The summed E-state index contributed by atoms with van der Waals surface area (Å²) >= 11 is 0. The predicted molar refractivity (Wildman–Crippen MR) is 252 cm³/mol. The van der Waals surface area contributed by atoms with Gasteiger partial charge in [-0.3, -0.25) is 0 Å². The van der Waals surface area contributed by atoms with Crippen molar-refractivity contribution in [3.8, 4) is 84.2 Å². The molecule has 0 aliphatic carbocycles. The molecule has 2 aromatic heterocycles. The van der Waals surface area contributed by atoms with Crippen molar-refractivity contribution < 1.29 is 0 Å². The lowest BCUT2D eigenvalue weighted by Gasteiger charge is -2.12. The number of aromatic nitrogens is 4. The van der Waals surface area contributed by atoms with Crippen LogP contribution < -0.4 is 0 Å². The molecule has 0 spiro atoms. The van der Waals surface area contributed by atoms with Gasteiger partial charge >= 0.3 is 0 Å². The van der Waals surface area contributed by atoms with Crippen LogP contribution in [0.15, 0.2) is 231 Å². The number of hydrogen-bond donors (Lipinski definition) is 0. The third kappa shape index (κ3) is 6.86. The van der Waals surface area contributed by atoms with Crippen molar-refractivity contribution in [3.05, 3.63) is 231 Å². The largest absolute Gasteiger partial charge is 0.232 e. The lowest BCUT2D eigenvalue weighted by molar-refractivity contribution is 0.918. The number of para-hydroxylation sites is 1. The van der Waals surface area contributed by atoms with E-state index in [-0.39, 0.29) is 0 Å². The maximum atomic E-state index is 5.33. The Bertz CT molecular complexity index is 3290. The highest BCUT2D eigenvalue weighted by atomic mass is 15.3. The molecule has 0 fully saturated rings. The molecule has 0 aliphatic rings. The van der Waals surface area contributed by atoms with Crippen molar-refractivity contribution in [2.75, 3.05) is 0 Å². The number of benzene rings is 9. The van der Waals surface area contributed by atoms with Gasteiger partial charge in [0.15, 0.2) is 5.82 Å². The van der Waals surface area contributed by atoms with E-state index < -0.39 is 0 Å². The molecule has 11 rings (SSSR count). The maximum Gasteiger partial charge on any atom is 0.160 e. The van der Waals surface area contributed by atoms with Gasteiger partial charge in [-0.2, -0.15) is 5.10 Å². The van der Waals surface area contributed by atoms with E-state index in [1.54, 1.807) is 0 Å². The molecule has 4 heteroatoms. The molecule has 0 bridgehead atoms. The minimum Gasteiger partial charge on any atom is -0.232 e. The first-order valence-corrected chi connectivity index (χ1v) is 20.6. The summed E-state index contributed by atoms with van der Waals surface area (Å²) in [5.74, 6) is 0.697. The normalized spacial score (nSPS) is 11.3. The fourth-order valence-electron chi connectivity index (χ4n) is 8.37. The highest BCUT2D eigenvalue weighted by Gasteiger charge is 2.21. The monoisotopic (exact) mass is 778 g/mol. The quantitative estimate of drug-likeness (QED) is 0.154. The van der Waals surface area contributed by atoms with E-state index in [9.17, 15) is 0 Å². The highest BCUT2D eigenvalue weighted by molar-refractivity contribution is 6.17. The van der Waals surface area contributed by atoms with E-state index in [2.05, 4.69) is 205 Å². The first-order chi connectivity index (χ1) is 30.2. The molecule has 0 saturated heterocycles. The predicted octanol–water partition coefficient (Wildman–Crippen LogP) is 14.6. The second-order valence-corrected chi connectivity index (χ2v) is 15.3. The molecule has 0 radical (unpaired) electrons. The van der Waals surface area contributed by atoms with Crippen LogP contribution in [0, 0.1) is 0 Å². The molecule has 11 aromatic rings. The molecule has 2 heterocycles. The average molecular weight is 779 g/mol. The molecule has 0 N–H and O–H groups in total. The molecule has 0 atom stereocenters. The van der Waals surface area contributed by atoms with E-state index in [1.165, 1.54) is 16.3 Å². The van der Waals surface area contributed by atoms with Crippen LogP contribution in [-0.2, 0) is 0 Å². The summed E-state index contributed by atoms with van der Waals surface area (Å²) in [6.45, 7) is 0. The Kier molecular flexibility index (Phi) is 9.14. The summed E-state index contributed by atoms with van der Waals surface area (Å²) in [4.78, 5) is 10.2. The van der Waals surface area contributed by atoms with Gasteiger partial charge in [-0.15, -0.1) is 0 Å². The summed E-state index contributed by atoms with van der Waals surface area (Å²) in [6.07, 6.45) is 0. The first-order valence-electron chi connectivity index (χ1n) is 20.6. The van der Waals surface area contributed by atoms with Crippen LogP contribution in [0.4, 0.5) is 0 Å². The van der Waals surface area contributed by atoms with Gasteiger partial charge in [0.05, 0.1) is 22.6 Å². The zero-order valence-electron chi connectivity index (χ0n) is 33.2. The molecule has 286 valence electrons. The van der Waals surface area contributed by atoms with Gasteiger partial charge in [0.2, 0.25) is 0 Å². The molecule has 0 saturated carbocycles. The summed E-state index contributed by atoms with van der Waals surface area (Å²) in [6, 6.07) is 80.9. The van der Waals surface area contributed by atoms with E-state index in [4.69, 9.17) is 15.1 Å². The molecule has 4 nitrogen and oxygen atoms in total. The van der Waals surface area contributed by atoms with Crippen LogP contribution >= 0.6 is 0 Å². The van der Waals surface area contributed by atoms with Crippen LogP contribution in [-0.4, -0.2) is 19.7 Å². The summed E-state index contributed by atoms with van der Waals surface area (Å²) in [7, 11) is 0. The zero-order chi connectivity index (χ0) is 40.5. The fraction of sp³-hybridized carbons (Fsp3) is 0. The van der Waals surface area contributed by atoms with E-state index in [1.807, 2.05) is 30.3 Å². The van der Waals surface area contributed by atoms with Gasteiger partial charge in [-0.25, -0.2) is 14.6 Å². The van der Waals surface area contributed by atoms with Crippen molar-refractivity contribution in [2.45, 2.75) is 0 Å². The standard InChI is InChI=1S/C57H38N4/c1-5-15-39(16-6-1)40-29-35-47(36-30-40)57-58-52(44-17-7-2-8-18-44)38-53(59-57)45-33-27-42(28-34-45)41-25-31-43(32-26-41)51-37-48-21-13-14-24-50(48)56-54(51)55(46-19-9-3-10-20-46)60-61(56)49-22-11-4-12-23-49/h1-38H. The van der Waals surface area contributed by atoms with Crippen LogP contribution in [0.1, 0.15) is 0 Å². The fourth-order valence-corrected chi connectivity index (χ4v) is 8.37. The molecule has 9 aromatic carbocycles. The highest BCUT2D eigenvalue weighted by Crippen LogP contribution is 2.42. The minimum atomic E-state index is 0.697. The second kappa shape index (κ2) is 15.5. The van der Waals surface area contributed by atoms with Gasteiger partial charge in [-0.1, -0.05) is 206 Å². The van der Waals surface area contributed by atoms with Gasteiger partial charge in [0, 0.05) is 33.0 Å². The average Bonchev–Trinajstić information content (AvgIpc) is 3.76. The molecule has 0 amide bonds. The third-order valence-electron chi connectivity index (χ3n) is 11.5. The SMILES string of the molecule is c1ccc(-c2ccc(-c3nc(-c4ccccc4)cc(-c4ccc(-c5ccc(-c6cc7ccccc7c7c6c(-c6ccccc6)nn7-c6ccccc6)cc5)cc4)n3)cc2)cc1. The van der Waals surface area contributed by atoms with Crippen LogP contribution in [0.5, 0.6) is 0 Å². The molecule has 61 heavy (non-hydrogen) atoms. The van der Waals surface area contributed by atoms with E-state index in [0.29, 0.717) is 5.82 Å². The van der Waals surface area contributed by atoms with Crippen LogP contribution in [0.2, 0.25) is 0 Å². The van der Waals surface area contributed by atoms with Crippen LogP contribution in [0.3, 0.4) is 0 Å². The van der Waals surface area contributed by atoms with Crippen molar-refractivity contribution >= 4 is 21.7 Å². The van der Waals surface area contributed by atoms with Crippen molar-refractivity contribution in [3.63, 3.8) is 0 Å². The topological polar surface area (TPSA) is 43.6 Å². The first kappa shape index (κ1) is 35.9. The van der Waals surface area contributed by atoms with E-state index >= 15 is 0 Å². The van der Waals surface area contributed by atoms with Crippen molar-refractivity contribution in [1.82, 2.24) is 19.7 Å². The Morgan fingerprint density at radius 2 is 0.754 bits per heavy atom. The Hall–Kier alpha value is -8.21. The Morgan fingerprint density at radius 3 is 1.34 bits per heavy atom. The Balaban J connectivity index is 0.963. The van der Waals surface area contributed by atoms with Gasteiger partial charge in [0.25, 0.3) is 0 Å². The zero-order valence-corrected chi connectivity index (χ0v) is 33.2. The lowest BCUT2D eigenvalue weighted by atomic mass is 9.92. The third-order valence-corrected chi connectivity index (χ3v) is 11.5. The summed E-state index contributed by atoms with van der Waals surface area (Å²) in [5.41, 5.74) is 15.9. The number of fused-ring (bicyclic) bond motifs is 3. The number of hydrogen-bond acceptors (Lipinski definition) is 3. The number of rotatable bonds is 8. The molecular formula is C57H38N4. The van der Waals surface area contributed by atoms with Gasteiger partial charge in [-0.05, 0) is 63.0 Å². The lowest BCUT2D eigenvalue weighted by Crippen LogP contribution is -1.96. The van der Waals surface area contributed by atoms with Crippen molar-refractivity contribution in [1.29, 1.82) is 0 Å². The van der Waals surface area contributed by atoms with E-state index in [0.717, 1.165) is 83.7 Å². The number of nitrogens with zero attached hydrogens (tertiary/aromatic N) is 4. The molecular weight excluding hydrogens is 741 g/mol. The molecule has 0 unspecified atom stereocenters. The smallest absolute Gasteiger partial charge is 0.160 e. The van der Waals surface area contributed by atoms with Gasteiger partial charge < -0.3 is 0 Å². The summed E-state index contributed by atoms with van der Waals surface area (Å²) in [5, 5.41) is 8.81. The minimum absolute atomic E-state index is 0.697. The Morgan fingerprint density at radius 1 is 0.328 bits per heavy atom. The molecule has 0 aliphatic heterocycles. The van der Waals surface area contributed by atoms with Crippen molar-refractivity contribution in [2.24, 2.45) is 0 Å². The van der Waals surface area contributed by atoms with Gasteiger partial charge in [0.1, 0.15) is 5.69 Å². The van der Waals surface area contributed by atoms with Crippen LogP contribution in [0.25, 0.3) is 106 Å².